The number of allylic oxidation sites excluding steroid dienone is 1. The molecule has 5 rings (SSSR count). The first-order chi connectivity index (χ1) is 12.6. The van der Waals surface area contributed by atoms with Gasteiger partial charge in [0.2, 0.25) is 0 Å². The van der Waals surface area contributed by atoms with Gasteiger partial charge in [0.1, 0.15) is 18.3 Å². The second-order valence-corrected chi connectivity index (χ2v) is 9.12. The van der Waals surface area contributed by atoms with Gasteiger partial charge >= 0.3 is 5.97 Å². The highest BCUT2D eigenvalue weighted by Gasteiger charge is 2.80. The van der Waals surface area contributed by atoms with Crippen LogP contribution < -0.4 is 0 Å². The van der Waals surface area contributed by atoms with E-state index in [9.17, 15) is 24.9 Å². The number of ether oxygens (including phenoxy) is 2. The van der Waals surface area contributed by atoms with Gasteiger partial charge in [0, 0.05) is 23.3 Å². The lowest BCUT2D eigenvalue weighted by Crippen LogP contribution is -2.73. The Morgan fingerprint density at radius 2 is 1.93 bits per heavy atom. The van der Waals surface area contributed by atoms with Gasteiger partial charge in [0.05, 0.1) is 12.0 Å². The van der Waals surface area contributed by atoms with Crippen molar-refractivity contribution < 1.29 is 34.4 Å². The lowest BCUT2D eigenvalue weighted by Gasteiger charge is -2.65. The average molecular weight is 376 g/mol. The Hall–Kier alpha value is -1.54. The van der Waals surface area contributed by atoms with Crippen molar-refractivity contribution in [2.75, 3.05) is 6.61 Å². The van der Waals surface area contributed by atoms with Gasteiger partial charge in [-0.3, -0.25) is 4.79 Å². The van der Waals surface area contributed by atoms with Gasteiger partial charge in [-0.2, -0.15) is 0 Å². The molecule has 5 aliphatic rings. The summed E-state index contributed by atoms with van der Waals surface area (Å²) in [6.45, 7) is 5.44. The predicted molar refractivity (Wildman–Crippen MR) is 90.9 cm³/mol. The third kappa shape index (κ3) is 1.69. The summed E-state index contributed by atoms with van der Waals surface area (Å²) < 4.78 is 11.5. The number of hydrogen-bond donors (Lipinski definition) is 3. The molecule has 0 aromatic rings. The van der Waals surface area contributed by atoms with Crippen molar-refractivity contribution in [2.45, 2.75) is 51.3 Å². The Bertz CT molecular complexity index is 830. The van der Waals surface area contributed by atoms with Crippen molar-refractivity contribution in [1.29, 1.82) is 0 Å². The summed E-state index contributed by atoms with van der Waals surface area (Å²) in [6.07, 6.45) is 0.119. The maximum Gasteiger partial charge on any atom is 0.331 e. The standard InChI is InChI=1S/C20H24O7/c1-8-4-12(21)16(24)18(3)10(8)5-13-19-7-26-20(25,17(18)19)15(23)9(2)11(19)6-14(22)27-13/h4,6,9-10,13,15-17,23-25H,5,7H2,1-3H3. The second-order valence-electron chi connectivity index (χ2n) is 9.12. The summed E-state index contributed by atoms with van der Waals surface area (Å²) >= 11 is 0. The zero-order chi connectivity index (χ0) is 19.5. The number of aliphatic hydroxyl groups is 3. The highest BCUT2D eigenvalue weighted by atomic mass is 16.6. The molecule has 3 fully saturated rings. The fourth-order valence-corrected chi connectivity index (χ4v) is 7.03. The van der Waals surface area contributed by atoms with Crippen molar-refractivity contribution in [2.24, 2.45) is 28.6 Å². The van der Waals surface area contributed by atoms with Gasteiger partial charge in [-0.15, -0.1) is 0 Å². The van der Waals surface area contributed by atoms with E-state index >= 15 is 0 Å². The summed E-state index contributed by atoms with van der Waals surface area (Å²) in [5, 5.41) is 33.4. The SMILES string of the molecule is CC1=CC(=O)C(O)C2(C)C1CC1OC(=O)C=C3C(C)C(O)C4(O)OCC31C42. The summed E-state index contributed by atoms with van der Waals surface area (Å²) in [6, 6.07) is 0. The maximum atomic E-state index is 12.5. The number of aliphatic hydroxyl groups excluding tert-OH is 2. The van der Waals surface area contributed by atoms with Crippen LogP contribution in [0.4, 0.5) is 0 Å². The molecule has 2 aliphatic heterocycles. The lowest BCUT2D eigenvalue weighted by molar-refractivity contribution is -0.306. The van der Waals surface area contributed by atoms with Crippen LogP contribution in [0.2, 0.25) is 0 Å². The highest BCUT2D eigenvalue weighted by Crippen LogP contribution is 2.72. The first-order valence-corrected chi connectivity index (χ1v) is 9.45. The van der Waals surface area contributed by atoms with Gasteiger partial charge in [0.25, 0.3) is 0 Å². The number of rotatable bonds is 0. The molecule has 3 N–H and O–H groups in total. The lowest BCUT2D eigenvalue weighted by atomic mass is 9.40. The Balaban J connectivity index is 1.82. The van der Waals surface area contributed by atoms with E-state index in [2.05, 4.69) is 0 Å². The first-order valence-electron chi connectivity index (χ1n) is 9.45. The zero-order valence-corrected chi connectivity index (χ0v) is 15.5. The zero-order valence-electron chi connectivity index (χ0n) is 15.5. The molecule has 9 unspecified atom stereocenters. The topological polar surface area (TPSA) is 113 Å². The van der Waals surface area contributed by atoms with Crippen molar-refractivity contribution in [3.63, 3.8) is 0 Å². The summed E-state index contributed by atoms with van der Waals surface area (Å²) in [5.41, 5.74) is -0.437. The van der Waals surface area contributed by atoms with Gasteiger partial charge in [-0.05, 0) is 30.9 Å². The van der Waals surface area contributed by atoms with Crippen LogP contribution in [0, 0.1) is 28.6 Å². The molecule has 0 aromatic heterocycles. The molecule has 0 amide bonds. The molecular formula is C20H24O7. The summed E-state index contributed by atoms with van der Waals surface area (Å²) in [7, 11) is 0. The molecule has 7 nitrogen and oxygen atoms in total. The van der Waals surface area contributed by atoms with Crippen LogP contribution in [0.25, 0.3) is 0 Å². The number of fused-ring (bicyclic) bond motifs is 1. The van der Waals surface area contributed by atoms with Gasteiger partial charge in [-0.1, -0.05) is 19.4 Å². The Morgan fingerprint density at radius 1 is 1.22 bits per heavy atom. The molecule has 1 saturated heterocycles. The van der Waals surface area contributed by atoms with Crippen LogP contribution in [-0.2, 0) is 19.1 Å². The molecule has 0 aromatic carbocycles. The maximum absolute atomic E-state index is 12.5. The van der Waals surface area contributed by atoms with Crippen molar-refractivity contribution >= 4 is 11.8 Å². The number of esters is 1. The monoisotopic (exact) mass is 376 g/mol. The van der Waals surface area contributed by atoms with E-state index in [1.807, 2.05) is 6.92 Å². The van der Waals surface area contributed by atoms with Crippen molar-refractivity contribution in [1.82, 2.24) is 0 Å². The summed E-state index contributed by atoms with van der Waals surface area (Å²) in [5.74, 6) is -4.37. The minimum absolute atomic E-state index is 0.0747. The molecular weight excluding hydrogens is 352 g/mol. The summed E-state index contributed by atoms with van der Waals surface area (Å²) in [4.78, 5) is 24.8. The van der Waals surface area contributed by atoms with Crippen LogP contribution in [0.1, 0.15) is 27.2 Å². The Labute approximate surface area is 156 Å². The predicted octanol–water partition coefficient (Wildman–Crippen LogP) is 0.0863. The van der Waals surface area contributed by atoms with Crippen LogP contribution in [0.15, 0.2) is 23.3 Å². The first kappa shape index (κ1) is 17.6. The minimum Gasteiger partial charge on any atom is -0.458 e. The molecule has 2 heterocycles. The Kier molecular flexibility index (Phi) is 3.18. The van der Waals surface area contributed by atoms with E-state index < -0.39 is 58.5 Å². The molecule has 146 valence electrons. The number of carbonyl (C=O) groups excluding carboxylic acids is 2. The largest absolute Gasteiger partial charge is 0.458 e. The number of hydrogen-bond acceptors (Lipinski definition) is 7. The third-order valence-electron chi connectivity index (χ3n) is 8.10. The quantitative estimate of drug-likeness (QED) is 0.513. The fraction of sp³-hybridized carbons (Fsp3) is 0.700. The van der Waals surface area contributed by atoms with E-state index in [1.165, 1.54) is 12.2 Å². The van der Waals surface area contributed by atoms with E-state index in [0.29, 0.717) is 12.0 Å². The Morgan fingerprint density at radius 3 is 2.63 bits per heavy atom. The van der Waals surface area contributed by atoms with E-state index in [4.69, 9.17) is 9.47 Å². The molecule has 7 heteroatoms. The molecule has 2 saturated carbocycles. The van der Waals surface area contributed by atoms with Crippen molar-refractivity contribution in [3.8, 4) is 0 Å². The number of ketones is 1. The molecule has 1 spiro atoms. The molecule has 2 bridgehead atoms. The molecule has 9 atom stereocenters. The van der Waals surface area contributed by atoms with E-state index in [1.54, 1.807) is 13.8 Å². The van der Waals surface area contributed by atoms with E-state index in [-0.39, 0.29) is 12.5 Å². The minimum atomic E-state index is -1.93. The molecule has 0 radical (unpaired) electrons. The average Bonchev–Trinajstić information content (AvgIpc) is 2.90. The normalized spacial score (nSPS) is 55.9. The number of carbonyl (C=O) groups is 2. The van der Waals surface area contributed by atoms with Gasteiger partial charge in [-0.25, -0.2) is 4.79 Å². The van der Waals surface area contributed by atoms with Crippen molar-refractivity contribution in [3.05, 3.63) is 23.3 Å². The van der Waals surface area contributed by atoms with Crippen LogP contribution in [0.3, 0.4) is 0 Å². The highest BCUT2D eigenvalue weighted by molar-refractivity contribution is 5.96. The third-order valence-corrected chi connectivity index (χ3v) is 8.10. The van der Waals surface area contributed by atoms with Gasteiger partial charge in [0.15, 0.2) is 11.6 Å². The van der Waals surface area contributed by atoms with Crippen LogP contribution in [0.5, 0.6) is 0 Å². The van der Waals surface area contributed by atoms with E-state index in [0.717, 1.165) is 5.57 Å². The van der Waals surface area contributed by atoms with Gasteiger partial charge < -0.3 is 24.8 Å². The van der Waals surface area contributed by atoms with Crippen LogP contribution >= 0.6 is 0 Å². The van der Waals surface area contributed by atoms with Crippen LogP contribution in [-0.4, -0.2) is 57.8 Å². The second kappa shape index (κ2) is 4.89. The smallest absolute Gasteiger partial charge is 0.331 e. The molecule has 3 aliphatic carbocycles. The molecule has 27 heavy (non-hydrogen) atoms. The fourth-order valence-electron chi connectivity index (χ4n) is 7.03.